The number of ether oxygens (including phenoxy) is 3. The van der Waals surface area contributed by atoms with E-state index in [1.54, 1.807) is 14.2 Å². The lowest BCUT2D eigenvalue weighted by molar-refractivity contribution is -0.126. The van der Waals surface area contributed by atoms with Crippen LogP contribution in [-0.4, -0.2) is 52.5 Å². The minimum absolute atomic E-state index is 0. The van der Waals surface area contributed by atoms with E-state index in [1.807, 2.05) is 18.2 Å². The number of hydrogen-bond donors (Lipinski definition) is 2. The van der Waals surface area contributed by atoms with E-state index in [9.17, 15) is 4.79 Å². The van der Waals surface area contributed by atoms with Gasteiger partial charge in [0.2, 0.25) is 5.91 Å². The van der Waals surface area contributed by atoms with Gasteiger partial charge in [-0.2, -0.15) is 0 Å². The zero-order chi connectivity index (χ0) is 16.9. The Kier molecular flexibility index (Phi) is 7.79. The fraction of sp³-hybridized carbons (Fsp3) is 0.588. The van der Waals surface area contributed by atoms with Gasteiger partial charge in [-0.25, -0.2) is 0 Å². The Morgan fingerprint density at radius 1 is 1.33 bits per heavy atom. The van der Waals surface area contributed by atoms with E-state index < -0.39 is 0 Å². The summed E-state index contributed by atoms with van der Waals surface area (Å²) in [6, 6.07) is 5.56. The number of carbonyl (C=O) groups is 1. The van der Waals surface area contributed by atoms with Gasteiger partial charge >= 0.3 is 0 Å². The van der Waals surface area contributed by atoms with Crippen LogP contribution in [0.5, 0.6) is 11.5 Å². The van der Waals surface area contributed by atoms with E-state index in [4.69, 9.17) is 14.2 Å². The van der Waals surface area contributed by atoms with Crippen LogP contribution in [0.15, 0.2) is 18.2 Å². The number of nitrogens with one attached hydrogen (secondary N) is 2. The van der Waals surface area contributed by atoms with Crippen LogP contribution in [0, 0.1) is 0 Å². The van der Waals surface area contributed by atoms with Crippen LogP contribution in [0.1, 0.15) is 19.4 Å². The van der Waals surface area contributed by atoms with Crippen LogP contribution in [0.4, 0.5) is 0 Å². The second-order valence-electron chi connectivity index (χ2n) is 6.25. The summed E-state index contributed by atoms with van der Waals surface area (Å²) in [4.78, 5) is 12.2. The molecule has 1 aromatic rings. The lowest BCUT2D eigenvalue weighted by atomic mass is 9.84. The minimum atomic E-state index is -0.273. The van der Waals surface area contributed by atoms with Gasteiger partial charge in [-0.15, -0.1) is 12.4 Å². The molecule has 1 aliphatic heterocycles. The first-order valence-corrected chi connectivity index (χ1v) is 7.79. The van der Waals surface area contributed by atoms with Gasteiger partial charge in [-0.1, -0.05) is 19.9 Å². The average Bonchev–Trinajstić information content (AvgIpc) is 2.59. The van der Waals surface area contributed by atoms with E-state index in [1.165, 1.54) is 0 Å². The van der Waals surface area contributed by atoms with Crippen LogP contribution >= 0.6 is 12.4 Å². The molecule has 1 fully saturated rings. The highest BCUT2D eigenvalue weighted by Gasteiger charge is 2.26. The van der Waals surface area contributed by atoms with Crippen LogP contribution in [-0.2, 0) is 14.9 Å². The van der Waals surface area contributed by atoms with Crippen LogP contribution < -0.4 is 20.1 Å². The summed E-state index contributed by atoms with van der Waals surface area (Å²) in [5.74, 6) is 1.35. The number of amides is 1. The molecule has 2 N–H and O–H groups in total. The fourth-order valence-corrected chi connectivity index (χ4v) is 2.52. The molecule has 1 atom stereocenters. The molecule has 1 aliphatic rings. The van der Waals surface area contributed by atoms with E-state index in [0.717, 1.165) is 5.56 Å². The fourth-order valence-electron chi connectivity index (χ4n) is 2.52. The standard InChI is InChI=1S/C17H26N2O4.ClH/c1-17(2,11-19-16(20)13-10-23-8-7-18-13)12-5-6-14(21-3)15(9-12)22-4;/h5-6,9,13,18H,7-8,10-11H2,1-4H3,(H,19,20);1H. The lowest BCUT2D eigenvalue weighted by Gasteiger charge is -2.29. The number of carbonyl (C=O) groups excluding carboxylic acids is 1. The van der Waals surface area contributed by atoms with Gasteiger partial charge in [0.1, 0.15) is 6.04 Å². The van der Waals surface area contributed by atoms with Crippen molar-refractivity contribution < 1.29 is 19.0 Å². The number of methoxy groups -OCH3 is 2. The Bertz CT molecular complexity index is 545. The van der Waals surface area contributed by atoms with Gasteiger partial charge in [-0.05, 0) is 17.7 Å². The van der Waals surface area contributed by atoms with Gasteiger partial charge in [0.05, 0.1) is 27.4 Å². The summed E-state index contributed by atoms with van der Waals surface area (Å²) < 4.78 is 15.9. The molecule has 0 saturated carbocycles. The highest BCUT2D eigenvalue weighted by atomic mass is 35.5. The highest BCUT2D eigenvalue weighted by Crippen LogP contribution is 2.32. The zero-order valence-corrected chi connectivity index (χ0v) is 15.5. The molecule has 6 nitrogen and oxygen atoms in total. The van der Waals surface area contributed by atoms with Crippen molar-refractivity contribution in [3.8, 4) is 11.5 Å². The summed E-state index contributed by atoms with van der Waals surface area (Å²) in [7, 11) is 3.23. The molecule has 1 heterocycles. The van der Waals surface area contributed by atoms with E-state index in [2.05, 4.69) is 24.5 Å². The molecule has 0 bridgehead atoms. The summed E-state index contributed by atoms with van der Waals surface area (Å²) in [5.41, 5.74) is 0.841. The number of halogens is 1. The predicted molar refractivity (Wildman–Crippen MR) is 95.4 cm³/mol. The van der Waals surface area contributed by atoms with Crippen LogP contribution in [0.25, 0.3) is 0 Å². The molecule has 1 aromatic carbocycles. The molecule has 7 heteroatoms. The summed E-state index contributed by atoms with van der Waals surface area (Å²) >= 11 is 0. The third-order valence-corrected chi connectivity index (χ3v) is 4.11. The molecule has 0 aliphatic carbocycles. The maximum absolute atomic E-state index is 12.2. The smallest absolute Gasteiger partial charge is 0.239 e. The molecule has 0 spiro atoms. The summed E-state index contributed by atoms with van der Waals surface area (Å²) in [5, 5.41) is 6.16. The SMILES string of the molecule is COc1ccc(C(C)(C)CNC(=O)C2COCCN2)cc1OC.Cl. The zero-order valence-electron chi connectivity index (χ0n) is 14.7. The molecule has 136 valence electrons. The number of benzene rings is 1. The van der Waals surface area contributed by atoms with Gasteiger partial charge < -0.3 is 24.8 Å². The Hall–Kier alpha value is -1.50. The van der Waals surface area contributed by atoms with Gasteiger partial charge in [-0.3, -0.25) is 4.79 Å². The van der Waals surface area contributed by atoms with E-state index in [-0.39, 0.29) is 29.8 Å². The normalized spacial score (nSPS) is 17.6. The Morgan fingerprint density at radius 3 is 2.62 bits per heavy atom. The second-order valence-corrected chi connectivity index (χ2v) is 6.25. The van der Waals surface area contributed by atoms with Crippen molar-refractivity contribution in [1.29, 1.82) is 0 Å². The third-order valence-electron chi connectivity index (χ3n) is 4.11. The summed E-state index contributed by atoms with van der Waals surface area (Å²) in [6.07, 6.45) is 0. The first-order chi connectivity index (χ1) is 11.0. The number of hydrogen-bond acceptors (Lipinski definition) is 5. The van der Waals surface area contributed by atoms with Crippen molar-refractivity contribution in [2.75, 3.05) is 40.5 Å². The Labute approximate surface area is 149 Å². The highest BCUT2D eigenvalue weighted by molar-refractivity contribution is 5.85. The maximum atomic E-state index is 12.2. The molecular formula is C17H27ClN2O4. The van der Waals surface area contributed by atoms with Crippen molar-refractivity contribution in [2.45, 2.75) is 25.3 Å². The molecule has 1 saturated heterocycles. The van der Waals surface area contributed by atoms with Crippen molar-refractivity contribution in [3.63, 3.8) is 0 Å². The van der Waals surface area contributed by atoms with Crippen LogP contribution in [0.2, 0.25) is 0 Å². The second kappa shape index (κ2) is 9.11. The van der Waals surface area contributed by atoms with Crippen molar-refractivity contribution >= 4 is 18.3 Å². The largest absolute Gasteiger partial charge is 0.493 e. The first-order valence-electron chi connectivity index (χ1n) is 7.79. The van der Waals surface area contributed by atoms with Crippen molar-refractivity contribution in [3.05, 3.63) is 23.8 Å². The number of morpholine rings is 1. The van der Waals surface area contributed by atoms with E-state index >= 15 is 0 Å². The van der Waals surface area contributed by atoms with E-state index in [0.29, 0.717) is 37.8 Å². The maximum Gasteiger partial charge on any atom is 0.239 e. The predicted octanol–water partition coefficient (Wildman–Crippen LogP) is 1.51. The van der Waals surface area contributed by atoms with Crippen molar-refractivity contribution in [2.24, 2.45) is 0 Å². The minimum Gasteiger partial charge on any atom is -0.493 e. The molecule has 1 unspecified atom stereocenters. The molecule has 1 amide bonds. The summed E-state index contributed by atoms with van der Waals surface area (Å²) in [6.45, 7) is 6.47. The number of rotatable bonds is 6. The molecular weight excluding hydrogens is 332 g/mol. The molecule has 0 radical (unpaired) electrons. The van der Waals surface area contributed by atoms with Gasteiger partial charge in [0.25, 0.3) is 0 Å². The van der Waals surface area contributed by atoms with Crippen molar-refractivity contribution in [1.82, 2.24) is 10.6 Å². The topological polar surface area (TPSA) is 68.8 Å². The lowest BCUT2D eigenvalue weighted by Crippen LogP contribution is -2.52. The monoisotopic (exact) mass is 358 g/mol. The average molecular weight is 359 g/mol. The Morgan fingerprint density at radius 2 is 2.04 bits per heavy atom. The molecule has 24 heavy (non-hydrogen) atoms. The molecule has 2 rings (SSSR count). The van der Waals surface area contributed by atoms with Crippen LogP contribution in [0.3, 0.4) is 0 Å². The quantitative estimate of drug-likeness (QED) is 0.806. The first kappa shape index (κ1) is 20.5. The Balaban J connectivity index is 0.00000288. The van der Waals surface area contributed by atoms with Gasteiger partial charge in [0, 0.05) is 18.5 Å². The third kappa shape index (κ3) is 5.00. The molecule has 0 aromatic heterocycles. The van der Waals surface area contributed by atoms with Gasteiger partial charge in [0.15, 0.2) is 11.5 Å².